The summed E-state index contributed by atoms with van der Waals surface area (Å²) >= 11 is 0. The van der Waals surface area contributed by atoms with Crippen molar-refractivity contribution in [2.45, 2.75) is 25.7 Å². The van der Waals surface area contributed by atoms with Gasteiger partial charge in [-0.1, -0.05) is 0 Å². The molecule has 0 unspecified atom stereocenters. The smallest absolute Gasteiger partial charge is 0.135 e. The summed E-state index contributed by atoms with van der Waals surface area (Å²) in [5.41, 5.74) is 2.59. The molecule has 0 amide bonds. The van der Waals surface area contributed by atoms with Gasteiger partial charge in [0.1, 0.15) is 12.1 Å². The summed E-state index contributed by atoms with van der Waals surface area (Å²) < 4.78 is 0. The van der Waals surface area contributed by atoms with E-state index in [-0.39, 0.29) is 0 Å². The van der Waals surface area contributed by atoms with E-state index in [0.29, 0.717) is 12.5 Å². The van der Waals surface area contributed by atoms with Crippen LogP contribution in [0.25, 0.3) is 0 Å². The van der Waals surface area contributed by atoms with Gasteiger partial charge in [-0.3, -0.25) is 0 Å². The predicted octanol–water partition coefficient (Wildman–Crippen LogP) is 0.784. The molecule has 4 heteroatoms. The minimum absolute atomic E-state index is 0.295. The fourth-order valence-corrected chi connectivity index (χ4v) is 2.63. The van der Waals surface area contributed by atoms with Gasteiger partial charge in [0.2, 0.25) is 0 Å². The van der Waals surface area contributed by atoms with Gasteiger partial charge < -0.3 is 10.0 Å². The van der Waals surface area contributed by atoms with Crippen LogP contribution in [0.2, 0.25) is 0 Å². The number of aliphatic hydroxyl groups is 1. The zero-order chi connectivity index (χ0) is 11.0. The van der Waals surface area contributed by atoms with Gasteiger partial charge in [0, 0.05) is 36.9 Å². The van der Waals surface area contributed by atoms with Crippen molar-refractivity contribution in [3.05, 3.63) is 17.6 Å². The van der Waals surface area contributed by atoms with Crippen LogP contribution >= 0.6 is 0 Å². The fraction of sp³-hybridized carbons (Fsp3) is 0.667. The van der Waals surface area contributed by atoms with Crippen LogP contribution in [0.15, 0.2) is 6.33 Å². The lowest BCUT2D eigenvalue weighted by molar-refractivity contribution is 0.200. The third-order valence-electron chi connectivity index (χ3n) is 3.62. The summed E-state index contributed by atoms with van der Waals surface area (Å²) in [7, 11) is 0. The van der Waals surface area contributed by atoms with Crippen LogP contribution in [0.3, 0.4) is 0 Å². The summed E-state index contributed by atoms with van der Waals surface area (Å²) in [6, 6.07) is 0. The van der Waals surface area contributed by atoms with Crippen molar-refractivity contribution < 1.29 is 5.11 Å². The van der Waals surface area contributed by atoms with E-state index in [1.165, 1.54) is 24.1 Å². The molecular weight excluding hydrogens is 202 g/mol. The molecule has 0 spiro atoms. The predicted molar refractivity (Wildman–Crippen MR) is 61.5 cm³/mol. The first-order chi connectivity index (χ1) is 7.88. The van der Waals surface area contributed by atoms with Crippen LogP contribution in [0.4, 0.5) is 5.82 Å². The van der Waals surface area contributed by atoms with E-state index in [0.717, 1.165) is 31.7 Å². The highest BCUT2D eigenvalue weighted by Crippen LogP contribution is 2.30. The van der Waals surface area contributed by atoms with Gasteiger partial charge in [-0.05, 0) is 25.7 Å². The Balaban J connectivity index is 1.85. The third kappa shape index (κ3) is 1.57. The Morgan fingerprint density at radius 2 is 2.06 bits per heavy atom. The van der Waals surface area contributed by atoms with E-state index in [9.17, 15) is 0 Å². The van der Waals surface area contributed by atoms with Crippen molar-refractivity contribution in [3.8, 4) is 0 Å². The Morgan fingerprint density at radius 1 is 1.25 bits per heavy atom. The largest absolute Gasteiger partial charge is 0.396 e. The van der Waals surface area contributed by atoms with Crippen LogP contribution < -0.4 is 4.90 Å². The minimum Gasteiger partial charge on any atom is -0.396 e. The van der Waals surface area contributed by atoms with Crippen molar-refractivity contribution in [1.29, 1.82) is 0 Å². The van der Waals surface area contributed by atoms with Gasteiger partial charge in [-0.2, -0.15) is 0 Å². The highest BCUT2D eigenvalue weighted by molar-refractivity contribution is 5.51. The number of aromatic nitrogens is 2. The lowest BCUT2D eigenvalue weighted by Gasteiger charge is -2.40. The second-order valence-corrected chi connectivity index (χ2v) is 4.78. The molecule has 1 saturated heterocycles. The van der Waals surface area contributed by atoms with Crippen LogP contribution in [0.5, 0.6) is 0 Å². The molecule has 1 fully saturated rings. The van der Waals surface area contributed by atoms with Gasteiger partial charge in [0.25, 0.3) is 0 Å². The minimum atomic E-state index is 0.295. The normalized spacial score (nSPS) is 20.4. The van der Waals surface area contributed by atoms with Crippen molar-refractivity contribution in [3.63, 3.8) is 0 Å². The maximum absolute atomic E-state index is 9.03. The molecule has 3 rings (SSSR count). The second-order valence-electron chi connectivity index (χ2n) is 4.78. The van der Waals surface area contributed by atoms with E-state index < -0.39 is 0 Å². The molecule has 1 aliphatic heterocycles. The highest BCUT2D eigenvalue weighted by atomic mass is 16.3. The highest BCUT2D eigenvalue weighted by Gasteiger charge is 2.29. The summed E-state index contributed by atoms with van der Waals surface area (Å²) in [6.45, 7) is 2.18. The number of fused-ring (bicyclic) bond motifs is 1. The number of hydrogen-bond donors (Lipinski definition) is 1. The number of aryl methyl sites for hydroxylation is 1. The maximum Gasteiger partial charge on any atom is 0.135 e. The lowest BCUT2D eigenvalue weighted by atomic mass is 9.94. The van der Waals surface area contributed by atoms with E-state index in [4.69, 9.17) is 5.11 Å². The second kappa shape index (κ2) is 4.01. The number of aliphatic hydroxyl groups excluding tert-OH is 1. The summed E-state index contributed by atoms with van der Waals surface area (Å²) in [5.74, 6) is 1.56. The Kier molecular flexibility index (Phi) is 2.52. The van der Waals surface area contributed by atoms with Crippen molar-refractivity contribution in [2.75, 3.05) is 24.6 Å². The molecule has 16 heavy (non-hydrogen) atoms. The molecule has 1 aliphatic carbocycles. The molecule has 4 nitrogen and oxygen atoms in total. The monoisotopic (exact) mass is 219 g/mol. The average Bonchev–Trinajstić information content (AvgIpc) is 2.28. The van der Waals surface area contributed by atoms with Crippen LogP contribution in [-0.4, -0.2) is 34.8 Å². The standard InChI is InChI=1S/C12H17N3O/c16-7-9-5-15(6-9)12-10-3-1-2-4-11(10)13-8-14-12/h8-9,16H,1-7H2. The first-order valence-corrected chi connectivity index (χ1v) is 6.07. The molecule has 2 heterocycles. The van der Waals surface area contributed by atoms with Gasteiger partial charge in [-0.25, -0.2) is 9.97 Å². The van der Waals surface area contributed by atoms with Gasteiger partial charge in [0.15, 0.2) is 0 Å². The zero-order valence-corrected chi connectivity index (χ0v) is 9.39. The van der Waals surface area contributed by atoms with Gasteiger partial charge >= 0.3 is 0 Å². The van der Waals surface area contributed by atoms with Crippen LogP contribution in [-0.2, 0) is 12.8 Å². The van der Waals surface area contributed by atoms with Crippen molar-refractivity contribution >= 4 is 5.82 Å². The number of rotatable bonds is 2. The number of nitrogens with zero attached hydrogens (tertiary/aromatic N) is 3. The molecule has 86 valence electrons. The Bertz CT molecular complexity index is 388. The van der Waals surface area contributed by atoms with E-state index in [1.807, 2.05) is 0 Å². The maximum atomic E-state index is 9.03. The number of hydrogen-bond acceptors (Lipinski definition) is 4. The SMILES string of the molecule is OCC1CN(c2ncnc3c2CCCC3)C1. The van der Waals surface area contributed by atoms with Crippen LogP contribution in [0, 0.1) is 5.92 Å². The van der Waals surface area contributed by atoms with Gasteiger partial charge in [0.05, 0.1) is 0 Å². The molecule has 0 aromatic carbocycles. The molecule has 2 aliphatic rings. The molecule has 0 saturated carbocycles. The summed E-state index contributed by atoms with van der Waals surface area (Å²) in [6.07, 6.45) is 6.41. The number of anilines is 1. The van der Waals surface area contributed by atoms with Crippen LogP contribution in [0.1, 0.15) is 24.1 Å². The zero-order valence-electron chi connectivity index (χ0n) is 9.39. The first kappa shape index (κ1) is 10.0. The molecular formula is C12H17N3O. The van der Waals surface area contributed by atoms with E-state index >= 15 is 0 Å². The molecule has 0 bridgehead atoms. The molecule has 1 N–H and O–H groups in total. The third-order valence-corrected chi connectivity index (χ3v) is 3.62. The first-order valence-electron chi connectivity index (χ1n) is 6.07. The average molecular weight is 219 g/mol. The lowest BCUT2D eigenvalue weighted by Crippen LogP contribution is -2.49. The van der Waals surface area contributed by atoms with Gasteiger partial charge in [-0.15, -0.1) is 0 Å². The quantitative estimate of drug-likeness (QED) is 0.798. The van der Waals surface area contributed by atoms with Crippen molar-refractivity contribution in [1.82, 2.24) is 9.97 Å². The molecule has 1 aromatic heterocycles. The van der Waals surface area contributed by atoms with E-state index in [2.05, 4.69) is 14.9 Å². The Labute approximate surface area is 95.3 Å². The summed E-state index contributed by atoms with van der Waals surface area (Å²) in [5, 5.41) is 9.03. The van der Waals surface area contributed by atoms with Crippen molar-refractivity contribution in [2.24, 2.45) is 5.92 Å². The molecule has 0 radical (unpaired) electrons. The Hall–Kier alpha value is -1.16. The topological polar surface area (TPSA) is 49.2 Å². The summed E-state index contributed by atoms with van der Waals surface area (Å²) in [4.78, 5) is 11.1. The Morgan fingerprint density at radius 3 is 2.88 bits per heavy atom. The van der Waals surface area contributed by atoms with E-state index in [1.54, 1.807) is 6.33 Å². The molecule has 0 atom stereocenters. The fourth-order valence-electron chi connectivity index (χ4n) is 2.63. The molecule has 1 aromatic rings.